The molecule has 1 N–H and O–H groups in total. The lowest BCUT2D eigenvalue weighted by atomic mass is 9.88. The summed E-state index contributed by atoms with van der Waals surface area (Å²) in [7, 11) is 0. The fourth-order valence-electron chi connectivity index (χ4n) is 4.07. The molecule has 0 saturated carbocycles. The lowest BCUT2D eigenvalue weighted by Gasteiger charge is -2.21. The first-order chi connectivity index (χ1) is 13.8. The molecule has 0 fully saturated rings. The van der Waals surface area contributed by atoms with Crippen molar-refractivity contribution in [2.75, 3.05) is 11.9 Å². The van der Waals surface area contributed by atoms with E-state index in [9.17, 15) is 4.79 Å². The predicted molar refractivity (Wildman–Crippen MR) is 122 cm³/mol. The lowest BCUT2D eigenvalue weighted by molar-refractivity contribution is -0.116. The first kappa shape index (κ1) is 21.2. The van der Waals surface area contributed by atoms with Crippen molar-refractivity contribution in [1.82, 2.24) is 0 Å². The smallest absolute Gasteiger partial charge is 0.224 e. The zero-order valence-corrected chi connectivity index (χ0v) is 18.4. The number of nitrogens with one attached hydrogen (secondary N) is 1. The molecule has 1 heterocycles. The van der Waals surface area contributed by atoms with E-state index >= 15 is 0 Å². The minimum absolute atomic E-state index is 0.0785. The zero-order valence-electron chi connectivity index (χ0n) is 18.4. The van der Waals surface area contributed by atoms with E-state index in [1.165, 1.54) is 11.1 Å². The van der Waals surface area contributed by atoms with Gasteiger partial charge in [0.1, 0.15) is 5.75 Å². The molecule has 1 aliphatic heterocycles. The first-order valence-corrected chi connectivity index (χ1v) is 10.7. The first-order valence-electron chi connectivity index (χ1n) is 10.7. The van der Waals surface area contributed by atoms with E-state index < -0.39 is 0 Å². The number of unbranched alkanes of at least 4 members (excludes halogenated alkanes) is 1. The van der Waals surface area contributed by atoms with Gasteiger partial charge in [-0.3, -0.25) is 4.79 Å². The number of amides is 1. The third-order valence-electron chi connectivity index (χ3n) is 5.93. The number of benzene rings is 2. The maximum atomic E-state index is 12.5. The summed E-state index contributed by atoms with van der Waals surface area (Å²) in [4.78, 5) is 12.5. The summed E-state index contributed by atoms with van der Waals surface area (Å²) in [6.45, 7) is 15.7. The Morgan fingerprint density at radius 1 is 1.17 bits per heavy atom. The second-order valence-electron chi connectivity index (χ2n) is 8.31. The summed E-state index contributed by atoms with van der Waals surface area (Å²) in [6, 6.07) is 8.61. The number of anilines is 1. The molecule has 29 heavy (non-hydrogen) atoms. The number of carbonyl (C=O) groups is 1. The molecule has 0 aromatic heterocycles. The monoisotopic (exact) mass is 391 g/mol. The summed E-state index contributed by atoms with van der Waals surface area (Å²) in [5, 5.41) is 3.18. The highest BCUT2D eigenvalue weighted by atomic mass is 16.5. The van der Waals surface area contributed by atoms with Crippen LogP contribution in [0.1, 0.15) is 79.3 Å². The lowest BCUT2D eigenvalue weighted by Crippen LogP contribution is -2.14. The highest BCUT2D eigenvalue weighted by Crippen LogP contribution is 2.44. The fraction of sp³-hybridized carbons (Fsp3) is 0.423. The van der Waals surface area contributed by atoms with Gasteiger partial charge in [0.05, 0.1) is 6.61 Å². The molecule has 1 aliphatic rings. The summed E-state index contributed by atoms with van der Waals surface area (Å²) in [5.41, 5.74) is 8.63. The van der Waals surface area contributed by atoms with Gasteiger partial charge in [0.15, 0.2) is 0 Å². The van der Waals surface area contributed by atoms with Crippen LogP contribution in [-0.4, -0.2) is 12.5 Å². The van der Waals surface area contributed by atoms with Gasteiger partial charge in [0.25, 0.3) is 0 Å². The third-order valence-corrected chi connectivity index (χ3v) is 5.93. The largest absolute Gasteiger partial charge is 0.492 e. The van der Waals surface area contributed by atoms with Crippen LogP contribution in [0, 0.1) is 13.8 Å². The van der Waals surface area contributed by atoms with Gasteiger partial charge in [-0.25, -0.2) is 0 Å². The standard InChI is InChI=1S/C26H33NO2/c1-7-8-9-23(28)27-25-18(5)22-14-15-29-26(22)24(19(25)6)17(4)21-12-10-20(11-13-21)16(2)3/h10-13,16H,4,7-9,14-15H2,1-3,5-6H3,(H,27,28). The molecule has 1 amide bonds. The Morgan fingerprint density at radius 2 is 1.86 bits per heavy atom. The number of hydrogen-bond donors (Lipinski definition) is 1. The number of hydrogen-bond acceptors (Lipinski definition) is 2. The fourth-order valence-corrected chi connectivity index (χ4v) is 4.07. The Hall–Kier alpha value is -2.55. The van der Waals surface area contributed by atoms with Crippen LogP contribution in [0.15, 0.2) is 30.8 Å². The molecule has 2 aromatic rings. The van der Waals surface area contributed by atoms with Gasteiger partial charge in [-0.2, -0.15) is 0 Å². The third kappa shape index (κ3) is 4.24. The Kier molecular flexibility index (Phi) is 6.46. The second kappa shape index (κ2) is 8.86. The van der Waals surface area contributed by atoms with Gasteiger partial charge in [-0.05, 0) is 54.0 Å². The molecular weight excluding hydrogens is 358 g/mol. The van der Waals surface area contributed by atoms with Gasteiger partial charge in [0.2, 0.25) is 5.91 Å². The van der Waals surface area contributed by atoms with Crippen LogP contribution >= 0.6 is 0 Å². The molecule has 0 radical (unpaired) electrons. The summed E-state index contributed by atoms with van der Waals surface area (Å²) < 4.78 is 6.05. The predicted octanol–water partition coefficient (Wildman–Crippen LogP) is 6.55. The minimum atomic E-state index is 0.0785. The highest BCUT2D eigenvalue weighted by Gasteiger charge is 2.27. The van der Waals surface area contributed by atoms with Crippen LogP contribution in [0.25, 0.3) is 5.57 Å². The van der Waals surface area contributed by atoms with E-state index in [0.29, 0.717) is 18.9 Å². The van der Waals surface area contributed by atoms with E-state index in [-0.39, 0.29) is 5.91 Å². The van der Waals surface area contributed by atoms with E-state index in [0.717, 1.165) is 58.5 Å². The van der Waals surface area contributed by atoms with Gasteiger partial charge in [-0.1, -0.05) is 58.0 Å². The zero-order chi connectivity index (χ0) is 21.1. The summed E-state index contributed by atoms with van der Waals surface area (Å²) >= 11 is 0. The van der Waals surface area contributed by atoms with Crippen LogP contribution in [0.4, 0.5) is 5.69 Å². The molecule has 0 atom stereocenters. The summed E-state index contributed by atoms with van der Waals surface area (Å²) in [6.07, 6.45) is 3.33. The van der Waals surface area contributed by atoms with Crippen molar-refractivity contribution >= 4 is 17.2 Å². The number of rotatable bonds is 7. The SMILES string of the molecule is C=C(c1ccc(C(C)C)cc1)c1c(C)c(NC(=O)CCCC)c(C)c2c1OCC2. The van der Waals surface area contributed by atoms with Crippen LogP contribution in [0.5, 0.6) is 5.75 Å². The Labute approximate surface area is 175 Å². The topological polar surface area (TPSA) is 38.3 Å². The second-order valence-corrected chi connectivity index (χ2v) is 8.31. The van der Waals surface area contributed by atoms with Crippen molar-refractivity contribution in [3.8, 4) is 5.75 Å². The van der Waals surface area contributed by atoms with Crippen LogP contribution < -0.4 is 10.1 Å². The molecule has 0 saturated heterocycles. The quantitative estimate of drug-likeness (QED) is 0.581. The number of fused-ring (bicyclic) bond motifs is 1. The van der Waals surface area contributed by atoms with Crippen molar-refractivity contribution in [2.45, 2.75) is 66.2 Å². The van der Waals surface area contributed by atoms with Gasteiger partial charge < -0.3 is 10.1 Å². The van der Waals surface area contributed by atoms with Gasteiger partial charge in [0, 0.05) is 29.7 Å². The van der Waals surface area contributed by atoms with Crippen LogP contribution in [-0.2, 0) is 11.2 Å². The van der Waals surface area contributed by atoms with Crippen molar-refractivity contribution in [3.05, 3.63) is 64.2 Å². The molecule has 0 unspecified atom stereocenters. The van der Waals surface area contributed by atoms with Gasteiger partial charge >= 0.3 is 0 Å². The van der Waals surface area contributed by atoms with Crippen LogP contribution in [0.3, 0.4) is 0 Å². The Balaban J connectivity index is 2.04. The maximum Gasteiger partial charge on any atom is 0.224 e. The number of ether oxygens (including phenoxy) is 1. The van der Waals surface area contributed by atoms with Crippen molar-refractivity contribution in [2.24, 2.45) is 0 Å². The molecule has 3 heteroatoms. The normalized spacial score (nSPS) is 12.6. The van der Waals surface area contributed by atoms with E-state index in [1.54, 1.807) is 0 Å². The van der Waals surface area contributed by atoms with Gasteiger partial charge in [-0.15, -0.1) is 0 Å². The minimum Gasteiger partial charge on any atom is -0.492 e. The van der Waals surface area contributed by atoms with E-state index in [2.05, 4.69) is 70.8 Å². The average molecular weight is 392 g/mol. The van der Waals surface area contributed by atoms with Crippen molar-refractivity contribution in [1.29, 1.82) is 0 Å². The number of carbonyl (C=O) groups excluding carboxylic acids is 1. The molecule has 3 rings (SSSR count). The molecule has 154 valence electrons. The molecule has 3 nitrogen and oxygen atoms in total. The highest BCUT2D eigenvalue weighted by molar-refractivity contribution is 5.96. The molecule has 0 spiro atoms. The van der Waals surface area contributed by atoms with Crippen LogP contribution in [0.2, 0.25) is 0 Å². The van der Waals surface area contributed by atoms with E-state index in [4.69, 9.17) is 4.74 Å². The summed E-state index contributed by atoms with van der Waals surface area (Å²) in [5.74, 6) is 1.51. The van der Waals surface area contributed by atoms with E-state index in [1.807, 2.05) is 0 Å². The Morgan fingerprint density at radius 3 is 2.48 bits per heavy atom. The maximum absolute atomic E-state index is 12.5. The Bertz CT molecular complexity index is 923. The van der Waals surface area contributed by atoms with Crippen molar-refractivity contribution in [3.63, 3.8) is 0 Å². The molecule has 0 bridgehead atoms. The molecule has 0 aliphatic carbocycles. The molecule has 2 aromatic carbocycles. The molecular formula is C26H33NO2. The van der Waals surface area contributed by atoms with Crippen molar-refractivity contribution < 1.29 is 9.53 Å². The average Bonchev–Trinajstić information content (AvgIpc) is 3.19.